The summed E-state index contributed by atoms with van der Waals surface area (Å²) in [6.45, 7) is 3.92. The molecule has 112 valence electrons. The van der Waals surface area contributed by atoms with Crippen molar-refractivity contribution in [2.24, 2.45) is 7.05 Å². The number of aryl methyl sites for hydroxylation is 2. The Morgan fingerprint density at radius 2 is 2.10 bits per heavy atom. The molecule has 1 amide bonds. The summed E-state index contributed by atoms with van der Waals surface area (Å²) >= 11 is 0. The molecule has 2 aromatic rings. The van der Waals surface area contributed by atoms with E-state index in [0.29, 0.717) is 5.82 Å². The van der Waals surface area contributed by atoms with E-state index in [-0.39, 0.29) is 24.6 Å². The lowest BCUT2D eigenvalue weighted by molar-refractivity contribution is -0.116. The largest absolute Gasteiger partial charge is 0.462 e. The monoisotopic (exact) mass is 291 g/mol. The Morgan fingerprint density at radius 1 is 1.33 bits per heavy atom. The Balaban J connectivity index is 2.10. The molecule has 0 aliphatic heterocycles. The number of nitrogens with one attached hydrogen (secondary N) is 1. The molecule has 2 heterocycles. The quantitative estimate of drug-likeness (QED) is 0.820. The minimum Gasteiger partial charge on any atom is -0.462 e. The number of hydrogen-bond acceptors (Lipinski definition) is 5. The summed E-state index contributed by atoms with van der Waals surface area (Å²) in [6, 6.07) is 0. The number of amides is 1. The fourth-order valence-corrected chi connectivity index (χ4v) is 1.82. The number of hydrogen-bond donors (Lipinski definition) is 1. The molecule has 2 aromatic heterocycles. The third-order valence-corrected chi connectivity index (χ3v) is 2.76. The topological polar surface area (TPSA) is 91.0 Å². The summed E-state index contributed by atoms with van der Waals surface area (Å²) in [5, 5.41) is 10.7. The van der Waals surface area contributed by atoms with E-state index in [0.717, 1.165) is 5.56 Å². The fraction of sp³-hybridized carbons (Fsp3) is 0.385. The molecular formula is C13H17N5O3. The number of aromatic nitrogens is 4. The predicted octanol–water partition coefficient (Wildman–Crippen LogP) is 0.740. The second-order valence-electron chi connectivity index (χ2n) is 4.51. The highest BCUT2D eigenvalue weighted by Crippen LogP contribution is 2.15. The average molecular weight is 291 g/mol. The van der Waals surface area contributed by atoms with Gasteiger partial charge in [-0.2, -0.15) is 10.2 Å². The maximum atomic E-state index is 12.0. The van der Waals surface area contributed by atoms with Crippen molar-refractivity contribution in [3.63, 3.8) is 0 Å². The predicted molar refractivity (Wildman–Crippen MR) is 74.8 cm³/mol. The van der Waals surface area contributed by atoms with Crippen LogP contribution in [0.3, 0.4) is 0 Å². The Hall–Kier alpha value is -2.64. The first kappa shape index (κ1) is 14.8. The van der Waals surface area contributed by atoms with Gasteiger partial charge >= 0.3 is 5.97 Å². The molecule has 0 saturated heterocycles. The van der Waals surface area contributed by atoms with Crippen LogP contribution in [0.2, 0.25) is 0 Å². The number of esters is 1. The van der Waals surface area contributed by atoms with Crippen molar-refractivity contribution in [2.75, 3.05) is 11.9 Å². The Kier molecular flexibility index (Phi) is 4.36. The standard InChI is InChI=1S/C13H17N5O3/c1-4-21-13(20)10-6-14-17(3)12(10)16-11(19)8-18-7-9(2)5-15-18/h5-7H,4,8H2,1-3H3,(H,16,19). The first-order valence-electron chi connectivity index (χ1n) is 6.49. The van der Waals surface area contributed by atoms with Crippen molar-refractivity contribution in [2.45, 2.75) is 20.4 Å². The second kappa shape index (κ2) is 6.21. The first-order valence-corrected chi connectivity index (χ1v) is 6.49. The van der Waals surface area contributed by atoms with E-state index in [1.807, 2.05) is 6.92 Å². The van der Waals surface area contributed by atoms with Crippen molar-refractivity contribution in [1.82, 2.24) is 19.6 Å². The average Bonchev–Trinajstić information content (AvgIpc) is 2.97. The smallest absolute Gasteiger partial charge is 0.343 e. The summed E-state index contributed by atoms with van der Waals surface area (Å²) in [7, 11) is 1.64. The maximum absolute atomic E-state index is 12.0. The highest BCUT2D eigenvalue weighted by molar-refractivity contribution is 6.00. The summed E-state index contributed by atoms with van der Waals surface area (Å²) < 4.78 is 7.86. The zero-order chi connectivity index (χ0) is 15.4. The van der Waals surface area contributed by atoms with E-state index < -0.39 is 5.97 Å². The van der Waals surface area contributed by atoms with E-state index in [9.17, 15) is 9.59 Å². The van der Waals surface area contributed by atoms with Crippen LogP contribution < -0.4 is 5.32 Å². The first-order chi connectivity index (χ1) is 10.0. The second-order valence-corrected chi connectivity index (χ2v) is 4.51. The SMILES string of the molecule is CCOC(=O)c1cnn(C)c1NC(=O)Cn1cc(C)cn1. The molecule has 0 atom stereocenters. The van der Waals surface area contributed by atoms with E-state index in [4.69, 9.17) is 4.74 Å². The number of nitrogens with zero attached hydrogens (tertiary/aromatic N) is 4. The van der Waals surface area contributed by atoms with Crippen LogP contribution in [0.1, 0.15) is 22.8 Å². The molecule has 0 aliphatic rings. The molecule has 0 fully saturated rings. The summed E-state index contributed by atoms with van der Waals surface area (Å²) in [6.07, 6.45) is 4.79. The normalized spacial score (nSPS) is 10.4. The van der Waals surface area contributed by atoms with Crippen LogP contribution in [0.4, 0.5) is 5.82 Å². The van der Waals surface area contributed by atoms with Gasteiger partial charge in [0.15, 0.2) is 0 Å². The fourth-order valence-electron chi connectivity index (χ4n) is 1.82. The van der Waals surface area contributed by atoms with E-state index in [1.165, 1.54) is 15.6 Å². The van der Waals surface area contributed by atoms with Gasteiger partial charge in [-0.25, -0.2) is 4.79 Å². The number of anilines is 1. The number of rotatable bonds is 5. The lowest BCUT2D eigenvalue weighted by Gasteiger charge is -2.08. The summed E-state index contributed by atoms with van der Waals surface area (Å²) in [5.41, 5.74) is 1.19. The summed E-state index contributed by atoms with van der Waals surface area (Å²) in [5.74, 6) is -0.509. The molecule has 0 radical (unpaired) electrons. The van der Waals surface area contributed by atoms with Crippen LogP contribution in [0.5, 0.6) is 0 Å². The van der Waals surface area contributed by atoms with Crippen molar-refractivity contribution in [3.05, 3.63) is 29.7 Å². The number of carbonyl (C=O) groups is 2. The van der Waals surface area contributed by atoms with Crippen molar-refractivity contribution >= 4 is 17.7 Å². The third kappa shape index (κ3) is 3.47. The molecule has 0 bridgehead atoms. The van der Waals surface area contributed by atoms with Crippen molar-refractivity contribution in [1.29, 1.82) is 0 Å². The minimum absolute atomic E-state index is 0.0568. The molecule has 2 rings (SSSR count). The lowest BCUT2D eigenvalue weighted by atomic mass is 10.3. The van der Waals surface area contributed by atoms with E-state index >= 15 is 0 Å². The van der Waals surface area contributed by atoms with Crippen LogP contribution in [0.15, 0.2) is 18.6 Å². The third-order valence-electron chi connectivity index (χ3n) is 2.76. The van der Waals surface area contributed by atoms with Gasteiger partial charge in [-0.05, 0) is 19.4 Å². The van der Waals surface area contributed by atoms with Gasteiger partial charge in [0.1, 0.15) is 17.9 Å². The molecular weight excluding hydrogens is 274 g/mol. The maximum Gasteiger partial charge on any atom is 0.343 e. The van der Waals surface area contributed by atoms with Gasteiger partial charge in [-0.3, -0.25) is 14.2 Å². The van der Waals surface area contributed by atoms with Gasteiger partial charge in [0, 0.05) is 13.2 Å². The molecule has 8 heteroatoms. The molecule has 1 N–H and O–H groups in total. The molecule has 0 saturated carbocycles. The van der Waals surface area contributed by atoms with Crippen LogP contribution in [-0.4, -0.2) is 38.0 Å². The Labute approximate surface area is 121 Å². The lowest BCUT2D eigenvalue weighted by Crippen LogP contribution is -2.22. The molecule has 0 unspecified atom stereocenters. The molecule has 0 spiro atoms. The molecule has 0 aromatic carbocycles. The minimum atomic E-state index is -0.518. The van der Waals surface area contributed by atoms with Crippen molar-refractivity contribution < 1.29 is 14.3 Å². The molecule has 0 aliphatic carbocycles. The van der Waals surface area contributed by atoms with Gasteiger partial charge in [0.2, 0.25) is 5.91 Å². The number of ether oxygens (including phenoxy) is 1. The van der Waals surface area contributed by atoms with Crippen LogP contribution >= 0.6 is 0 Å². The van der Waals surface area contributed by atoms with Gasteiger partial charge in [-0.1, -0.05) is 0 Å². The Morgan fingerprint density at radius 3 is 2.71 bits per heavy atom. The number of carbonyl (C=O) groups excluding carboxylic acids is 2. The van der Waals surface area contributed by atoms with Crippen molar-refractivity contribution in [3.8, 4) is 0 Å². The highest BCUT2D eigenvalue weighted by atomic mass is 16.5. The van der Waals surface area contributed by atoms with Crippen LogP contribution in [0.25, 0.3) is 0 Å². The van der Waals surface area contributed by atoms with Gasteiger partial charge in [-0.15, -0.1) is 0 Å². The van der Waals surface area contributed by atoms with Gasteiger partial charge in [0.05, 0.1) is 19.0 Å². The Bertz CT molecular complexity index is 659. The highest BCUT2D eigenvalue weighted by Gasteiger charge is 2.19. The van der Waals surface area contributed by atoms with Gasteiger partial charge in [0.25, 0.3) is 0 Å². The molecule has 8 nitrogen and oxygen atoms in total. The van der Waals surface area contributed by atoms with Crippen LogP contribution in [-0.2, 0) is 23.1 Å². The summed E-state index contributed by atoms with van der Waals surface area (Å²) in [4.78, 5) is 23.8. The van der Waals surface area contributed by atoms with Gasteiger partial charge < -0.3 is 10.1 Å². The van der Waals surface area contributed by atoms with Crippen LogP contribution in [0, 0.1) is 6.92 Å². The molecule has 21 heavy (non-hydrogen) atoms. The zero-order valence-corrected chi connectivity index (χ0v) is 12.2. The van der Waals surface area contributed by atoms with E-state index in [2.05, 4.69) is 15.5 Å². The van der Waals surface area contributed by atoms with E-state index in [1.54, 1.807) is 26.4 Å². The zero-order valence-electron chi connectivity index (χ0n) is 12.2.